The molecule has 0 atom stereocenters. The molecule has 0 amide bonds. The van der Waals surface area contributed by atoms with E-state index in [-0.39, 0.29) is 4.75 Å². The number of ether oxygens (including phenoxy) is 1. The van der Waals surface area contributed by atoms with Crippen molar-refractivity contribution in [1.29, 1.82) is 0 Å². The van der Waals surface area contributed by atoms with Gasteiger partial charge in [0, 0.05) is 36.9 Å². The highest BCUT2D eigenvalue weighted by molar-refractivity contribution is 8.00. The molecule has 1 aromatic heterocycles. The fraction of sp³-hybridized carbons (Fsp3) is 0.750. The molecule has 0 aromatic carbocycles. The highest BCUT2D eigenvalue weighted by atomic mass is 32.2. The molecule has 1 aliphatic rings. The lowest BCUT2D eigenvalue weighted by molar-refractivity contribution is 0.0783. The zero-order chi connectivity index (χ0) is 16.7. The van der Waals surface area contributed by atoms with Crippen molar-refractivity contribution in [2.45, 2.75) is 43.9 Å². The van der Waals surface area contributed by atoms with E-state index in [0.29, 0.717) is 12.5 Å². The second-order valence-corrected chi connectivity index (χ2v) is 8.32. The Morgan fingerprint density at radius 1 is 1.43 bits per heavy atom. The molecule has 0 saturated carbocycles. The molecule has 5 nitrogen and oxygen atoms in total. The van der Waals surface area contributed by atoms with Gasteiger partial charge in [0.1, 0.15) is 5.01 Å². The Bertz CT molecular complexity index is 510. The number of thiazole rings is 1. The summed E-state index contributed by atoms with van der Waals surface area (Å²) in [5.74, 6) is 1.32. The third-order valence-corrected chi connectivity index (χ3v) is 6.49. The second-order valence-electron chi connectivity index (χ2n) is 6.10. The number of guanidine groups is 1. The molecule has 0 aliphatic carbocycles. The van der Waals surface area contributed by atoms with Crippen LogP contribution in [0.5, 0.6) is 0 Å². The lowest BCUT2D eigenvalue weighted by Gasteiger charge is -2.36. The number of thioether (sulfide) groups is 1. The van der Waals surface area contributed by atoms with Crippen LogP contribution in [0.2, 0.25) is 0 Å². The lowest BCUT2D eigenvalue weighted by atomic mass is 9.99. The average molecular weight is 357 g/mol. The average Bonchev–Trinajstić information content (AvgIpc) is 3.05. The van der Waals surface area contributed by atoms with Crippen molar-refractivity contribution < 1.29 is 4.74 Å². The van der Waals surface area contributed by atoms with Crippen molar-refractivity contribution in [3.63, 3.8) is 0 Å². The van der Waals surface area contributed by atoms with Crippen LogP contribution in [0.4, 0.5) is 0 Å². The van der Waals surface area contributed by atoms with Crippen LogP contribution >= 0.6 is 23.1 Å². The number of rotatable bonds is 6. The summed E-state index contributed by atoms with van der Waals surface area (Å²) in [4.78, 5) is 8.97. The molecule has 1 fully saturated rings. The van der Waals surface area contributed by atoms with Crippen molar-refractivity contribution in [3.05, 3.63) is 16.1 Å². The number of hydrogen-bond donors (Lipinski definition) is 2. The lowest BCUT2D eigenvalue weighted by Crippen LogP contribution is -2.47. The maximum absolute atomic E-state index is 5.49. The van der Waals surface area contributed by atoms with Crippen LogP contribution in [-0.4, -0.2) is 48.8 Å². The molecule has 0 bridgehead atoms. The van der Waals surface area contributed by atoms with Crippen molar-refractivity contribution in [3.8, 4) is 0 Å². The Morgan fingerprint density at radius 3 is 2.74 bits per heavy atom. The number of hydrogen-bond acceptors (Lipinski definition) is 5. The quantitative estimate of drug-likeness (QED) is 0.606. The van der Waals surface area contributed by atoms with Crippen LogP contribution in [0.1, 0.15) is 43.3 Å². The zero-order valence-electron chi connectivity index (χ0n) is 14.5. The van der Waals surface area contributed by atoms with Gasteiger partial charge in [0.25, 0.3) is 0 Å². The maximum atomic E-state index is 5.49. The number of nitrogens with one attached hydrogen (secondary N) is 2. The van der Waals surface area contributed by atoms with Crippen LogP contribution in [0, 0.1) is 0 Å². The van der Waals surface area contributed by atoms with Gasteiger partial charge in [0.05, 0.1) is 12.2 Å². The van der Waals surface area contributed by atoms with Gasteiger partial charge in [-0.25, -0.2) is 4.98 Å². The van der Waals surface area contributed by atoms with Gasteiger partial charge in [0.15, 0.2) is 5.96 Å². The highest BCUT2D eigenvalue weighted by Gasteiger charge is 2.31. The molecule has 7 heteroatoms. The van der Waals surface area contributed by atoms with Gasteiger partial charge in [0.2, 0.25) is 0 Å². The Hall–Kier alpha value is -0.790. The van der Waals surface area contributed by atoms with E-state index in [1.54, 1.807) is 11.3 Å². The molecule has 1 aliphatic heterocycles. The summed E-state index contributed by atoms with van der Waals surface area (Å²) in [5.41, 5.74) is 1.17. The summed E-state index contributed by atoms with van der Waals surface area (Å²) in [6.07, 6.45) is 4.36. The van der Waals surface area contributed by atoms with E-state index < -0.39 is 0 Å². The first-order chi connectivity index (χ1) is 11.1. The third-order valence-electron chi connectivity index (χ3n) is 4.21. The van der Waals surface area contributed by atoms with E-state index in [1.165, 1.54) is 5.69 Å². The molecule has 2 rings (SSSR count). The smallest absolute Gasteiger partial charge is 0.191 e. The normalized spacial score (nSPS) is 18.2. The number of aliphatic imine (C=N–C) groups is 1. The predicted octanol–water partition coefficient (Wildman–Crippen LogP) is 2.84. The third kappa shape index (κ3) is 5.36. The first-order valence-corrected chi connectivity index (χ1v) is 10.2. The largest absolute Gasteiger partial charge is 0.381 e. The first kappa shape index (κ1) is 18.5. The topological polar surface area (TPSA) is 58.5 Å². The van der Waals surface area contributed by atoms with Crippen LogP contribution in [0.15, 0.2) is 10.4 Å². The molecule has 2 heterocycles. The first-order valence-electron chi connectivity index (χ1n) is 8.10. The van der Waals surface area contributed by atoms with Gasteiger partial charge in [-0.1, -0.05) is 13.8 Å². The fourth-order valence-corrected chi connectivity index (χ4v) is 4.18. The molecular formula is C16H28N4OS2. The van der Waals surface area contributed by atoms with Gasteiger partial charge in [-0.05, 0) is 25.0 Å². The Balaban J connectivity index is 1.83. The molecule has 0 unspecified atom stereocenters. The van der Waals surface area contributed by atoms with Crippen molar-refractivity contribution in [2.24, 2.45) is 4.99 Å². The summed E-state index contributed by atoms with van der Waals surface area (Å²) < 4.78 is 5.74. The van der Waals surface area contributed by atoms with E-state index in [1.807, 2.05) is 18.8 Å². The van der Waals surface area contributed by atoms with Crippen LogP contribution in [-0.2, 0) is 11.3 Å². The number of nitrogens with zero attached hydrogens (tertiary/aromatic N) is 2. The molecular weight excluding hydrogens is 328 g/mol. The zero-order valence-corrected chi connectivity index (χ0v) is 16.1. The fourth-order valence-electron chi connectivity index (χ4n) is 2.49. The monoisotopic (exact) mass is 356 g/mol. The van der Waals surface area contributed by atoms with E-state index in [0.717, 1.165) is 43.6 Å². The van der Waals surface area contributed by atoms with Crippen molar-refractivity contribution >= 4 is 29.1 Å². The molecule has 1 saturated heterocycles. The van der Waals surface area contributed by atoms with Gasteiger partial charge in [-0.2, -0.15) is 11.8 Å². The summed E-state index contributed by atoms with van der Waals surface area (Å²) >= 11 is 3.63. The Labute approximate surface area is 147 Å². The second kappa shape index (κ2) is 8.89. The van der Waals surface area contributed by atoms with Gasteiger partial charge >= 0.3 is 0 Å². The predicted molar refractivity (Wildman–Crippen MR) is 101 cm³/mol. The van der Waals surface area contributed by atoms with Crippen molar-refractivity contribution in [1.82, 2.24) is 15.6 Å². The number of aromatic nitrogens is 1. The summed E-state index contributed by atoms with van der Waals surface area (Å²) in [6.45, 7) is 7.67. The van der Waals surface area contributed by atoms with Gasteiger partial charge in [-0.15, -0.1) is 11.3 Å². The summed E-state index contributed by atoms with van der Waals surface area (Å²) in [6, 6.07) is 0. The van der Waals surface area contributed by atoms with E-state index >= 15 is 0 Å². The summed E-state index contributed by atoms with van der Waals surface area (Å²) in [5, 5.41) is 10.1. The van der Waals surface area contributed by atoms with E-state index in [4.69, 9.17) is 4.74 Å². The van der Waals surface area contributed by atoms with Crippen molar-refractivity contribution in [2.75, 3.05) is 33.1 Å². The minimum absolute atomic E-state index is 0.252. The maximum Gasteiger partial charge on any atom is 0.191 e. The molecule has 0 spiro atoms. The van der Waals surface area contributed by atoms with E-state index in [9.17, 15) is 0 Å². The summed E-state index contributed by atoms with van der Waals surface area (Å²) in [7, 11) is 1.81. The molecule has 0 radical (unpaired) electrons. The van der Waals surface area contributed by atoms with Crippen LogP contribution in [0.25, 0.3) is 0 Å². The molecule has 1 aromatic rings. The van der Waals surface area contributed by atoms with E-state index in [2.05, 4.69) is 46.1 Å². The SMILES string of the molecule is CN=C(NCc1nc(C(C)C)cs1)NCC1(SC)CCOCC1. The van der Waals surface area contributed by atoms with Crippen LogP contribution in [0.3, 0.4) is 0 Å². The Morgan fingerprint density at radius 2 is 2.17 bits per heavy atom. The van der Waals surface area contributed by atoms with Gasteiger partial charge < -0.3 is 15.4 Å². The Kier molecular flexibility index (Phi) is 7.17. The molecule has 130 valence electrons. The van der Waals surface area contributed by atoms with Crippen LogP contribution < -0.4 is 10.6 Å². The van der Waals surface area contributed by atoms with Gasteiger partial charge in [-0.3, -0.25) is 4.99 Å². The molecule has 23 heavy (non-hydrogen) atoms. The minimum Gasteiger partial charge on any atom is -0.381 e. The molecule has 2 N–H and O–H groups in total. The highest BCUT2D eigenvalue weighted by Crippen LogP contribution is 2.32. The minimum atomic E-state index is 0.252. The standard InChI is InChI=1S/C16H28N4OS2/c1-12(2)13-10-23-14(20-13)9-18-15(17-3)19-11-16(22-4)5-7-21-8-6-16/h10,12H,5-9,11H2,1-4H3,(H2,17,18,19).